The number of likely N-dealkylation sites (tertiary alicyclic amines) is 1. The van der Waals surface area contributed by atoms with Gasteiger partial charge in [-0.25, -0.2) is 0 Å². The monoisotopic (exact) mass is 191 g/mol. The van der Waals surface area contributed by atoms with Gasteiger partial charge >= 0.3 is 0 Å². The number of rotatable bonds is 1. The average Bonchev–Trinajstić information content (AvgIpc) is 2.18. The van der Waals surface area contributed by atoms with Crippen LogP contribution < -0.4 is 0 Å². The molecule has 1 unspecified atom stereocenters. The molecule has 0 amide bonds. The van der Waals surface area contributed by atoms with Crippen molar-refractivity contribution in [1.29, 1.82) is 0 Å². The molecule has 0 aromatic carbocycles. The summed E-state index contributed by atoms with van der Waals surface area (Å²) in [7, 11) is 2.24. The molecule has 0 spiro atoms. The summed E-state index contributed by atoms with van der Waals surface area (Å²) in [6.07, 6.45) is 10.2. The Labute approximate surface area is 87.5 Å². The molecule has 0 aromatic rings. The quantitative estimate of drug-likeness (QED) is 0.616. The Morgan fingerprint density at radius 2 is 2.29 bits per heavy atom. The van der Waals surface area contributed by atoms with Gasteiger partial charge < -0.3 is 4.90 Å². The molecule has 0 aromatic heterocycles. The molecule has 14 heavy (non-hydrogen) atoms. The van der Waals surface area contributed by atoms with Crippen LogP contribution >= 0.6 is 0 Å². The van der Waals surface area contributed by atoms with Crippen molar-refractivity contribution in [3.05, 3.63) is 23.3 Å². The first-order chi connectivity index (χ1) is 6.75. The summed E-state index contributed by atoms with van der Waals surface area (Å²) in [5, 5.41) is 0. The Balaban J connectivity index is 2.03. The first-order valence-electron chi connectivity index (χ1n) is 5.81. The molecule has 1 heteroatoms. The second-order valence-corrected chi connectivity index (χ2v) is 4.83. The minimum atomic E-state index is 0.809. The Hall–Kier alpha value is -0.560. The predicted octanol–water partition coefficient (Wildman–Crippen LogP) is 2.99. The molecule has 0 bridgehead atoms. The fourth-order valence-electron chi connectivity index (χ4n) is 2.61. The van der Waals surface area contributed by atoms with Crippen LogP contribution in [0.1, 0.15) is 32.6 Å². The summed E-state index contributed by atoms with van der Waals surface area (Å²) in [6.45, 7) is 4.81. The number of hydrogen-bond donors (Lipinski definition) is 0. The van der Waals surface area contributed by atoms with Crippen LogP contribution in [0.5, 0.6) is 0 Å². The molecular formula is C13H21N. The van der Waals surface area contributed by atoms with Gasteiger partial charge in [0.05, 0.1) is 0 Å². The predicted molar refractivity (Wildman–Crippen MR) is 61.3 cm³/mol. The standard InChI is InChI=1S/C13H21N/c1-11-5-3-6-12(9-11)13-7-4-8-14(2)10-13/h6,9,13H,3-5,7-8,10H2,1-2H3. The molecule has 1 atom stereocenters. The average molecular weight is 191 g/mol. The van der Waals surface area contributed by atoms with E-state index in [1.807, 2.05) is 0 Å². The highest BCUT2D eigenvalue weighted by atomic mass is 15.1. The van der Waals surface area contributed by atoms with Crippen LogP contribution in [0, 0.1) is 5.92 Å². The van der Waals surface area contributed by atoms with E-state index in [9.17, 15) is 0 Å². The van der Waals surface area contributed by atoms with E-state index in [2.05, 4.69) is 31.0 Å². The molecule has 1 heterocycles. The van der Waals surface area contributed by atoms with Gasteiger partial charge in [0.15, 0.2) is 0 Å². The second kappa shape index (κ2) is 4.31. The van der Waals surface area contributed by atoms with Gasteiger partial charge in [-0.05, 0) is 57.7 Å². The highest BCUT2D eigenvalue weighted by Gasteiger charge is 2.20. The minimum absolute atomic E-state index is 0.809. The highest BCUT2D eigenvalue weighted by Crippen LogP contribution is 2.28. The van der Waals surface area contributed by atoms with Crippen molar-refractivity contribution >= 4 is 0 Å². The van der Waals surface area contributed by atoms with E-state index in [4.69, 9.17) is 0 Å². The molecule has 0 saturated carbocycles. The van der Waals surface area contributed by atoms with Crippen LogP contribution in [0.25, 0.3) is 0 Å². The summed E-state index contributed by atoms with van der Waals surface area (Å²) in [4.78, 5) is 2.47. The van der Waals surface area contributed by atoms with Crippen LogP contribution in [0.4, 0.5) is 0 Å². The molecular weight excluding hydrogens is 170 g/mol. The number of allylic oxidation sites excluding steroid dienone is 3. The van der Waals surface area contributed by atoms with E-state index in [-0.39, 0.29) is 0 Å². The largest absolute Gasteiger partial charge is 0.306 e. The van der Waals surface area contributed by atoms with Gasteiger partial charge in [-0.2, -0.15) is 0 Å². The fourth-order valence-corrected chi connectivity index (χ4v) is 2.61. The van der Waals surface area contributed by atoms with E-state index in [0.29, 0.717) is 0 Å². The molecule has 0 radical (unpaired) electrons. The van der Waals surface area contributed by atoms with Crippen molar-refractivity contribution < 1.29 is 0 Å². The molecule has 1 aliphatic heterocycles. The van der Waals surface area contributed by atoms with Crippen molar-refractivity contribution in [2.24, 2.45) is 5.92 Å². The Morgan fingerprint density at radius 1 is 1.43 bits per heavy atom. The lowest BCUT2D eigenvalue weighted by Gasteiger charge is -2.31. The topological polar surface area (TPSA) is 3.24 Å². The summed E-state index contributed by atoms with van der Waals surface area (Å²) < 4.78 is 0. The molecule has 1 fully saturated rings. The van der Waals surface area contributed by atoms with Crippen LogP contribution in [-0.2, 0) is 0 Å². The van der Waals surface area contributed by atoms with E-state index >= 15 is 0 Å². The van der Waals surface area contributed by atoms with Crippen molar-refractivity contribution in [3.8, 4) is 0 Å². The lowest BCUT2D eigenvalue weighted by molar-refractivity contribution is 0.232. The van der Waals surface area contributed by atoms with E-state index in [0.717, 1.165) is 5.92 Å². The third kappa shape index (κ3) is 2.27. The lowest BCUT2D eigenvalue weighted by atomic mass is 9.86. The minimum Gasteiger partial charge on any atom is -0.306 e. The first-order valence-corrected chi connectivity index (χ1v) is 5.81. The SMILES string of the molecule is CC1=CC(C2CCCN(C)C2)=CCC1. The molecule has 1 saturated heterocycles. The van der Waals surface area contributed by atoms with Gasteiger partial charge in [0.25, 0.3) is 0 Å². The normalized spacial score (nSPS) is 29.7. The van der Waals surface area contributed by atoms with Crippen LogP contribution in [0.15, 0.2) is 23.3 Å². The van der Waals surface area contributed by atoms with Gasteiger partial charge in [-0.1, -0.05) is 17.7 Å². The van der Waals surface area contributed by atoms with Gasteiger partial charge in [-0.15, -0.1) is 0 Å². The molecule has 1 aliphatic carbocycles. The first kappa shape index (κ1) is 9.97. The maximum Gasteiger partial charge on any atom is 0.00471 e. The van der Waals surface area contributed by atoms with Crippen molar-refractivity contribution in [2.75, 3.05) is 20.1 Å². The number of piperidine rings is 1. The van der Waals surface area contributed by atoms with E-state index < -0.39 is 0 Å². The van der Waals surface area contributed by atoms with Gasteiger partial charge in [-0.3, -0.25) is 0 Å². The summed E-state index contributed by atoms with van der Waals surface area (Å²) >= 11 is 0. The van der Waals surface area contributed by atoms with Crippen LogP contribution in [-0.4, -0.2) is 25.0 Å². The Morgan fingerprint density at radius 3 is 3.00 bits per heavy atom. The maximum atomic E-state index is 2.47. The third-order valence-electron chi connectivity index (χ3n) is 3.43. The zero-order valence-corrected chi connectivity index (χ0v) is 9.42. The summed E-state index contributed by atoms with van der Waals surface area (Å²) in [5.41, 5.74) is 3.18. The molecule has 1 nitrogen and oxygen atoms in total. The van der Waals surface area contributed by atoms with E-state index in [1.165, 1.54) is 38.8 Å². The summed E-state index contributed by atoms with van der Waals surface area (Å²) in [6, 6.07) is 0. The van der Waals surface area contributed by atoms with Crippen LogP contribution in [0.3, 0.4) is 0 Å². The van der Waals surface area contributed by atoms with Crippen LogP contribution in [0.2, 0.25) is 0 Å². The van der Waals surface area contributed by atoms with Gasteiger partial charge in [0, 0.05) is 6.54 Å². The Kier molecular flexibility index (Phi) is 3.07. The van der Waals surface area contributed by atoms with E-state index in [1.54, 1.807) is 11.1 Å². The van der Waals surface area contributed by atoms with Crippen molar-refractivity contribution in [2.45, 2.75) is 32.6 Å². The molecule has 2 aliphatic rings. The Bertz CT molecular complexity index is 262. The molecule has 0 N–H and O–H groups in total. The zero-order valence-electron chi connectivity index (χ0n) is 9.42. The third-order valence-corrected chi connectivity index (χ3v) is 3.43. The smallest absolute Gasteiger partial charge is 0.00471 e. The van der Waals surface area contributed by atoms with Gasteiger partial charge in [0.2, 0.25) is 0 Å². The molecule has 2 rings (SSSR count). The van der Waals surface area contributed by atoms with Crippen molar-refractivity contribution in [1.82, 2.24) is 4.90 Å². The van der Waals surface area contributed by atoms with Gasteiger partial charge in [0.1, 0.15) is 0 Å². The number of nitrogens with zero attached hydrogens (tertiary/aromatic N) is 1. The second-order valence-electron chi connectivity index (χ2n) is 4.83. The number of hydrogen-bond acceptors (Lipinski definition) is 1. The lowest BCUT2D eigenvalue weighted by Crippen LogP contribution is -2.32. The maximum absolute atomic E-state index is 2.47. The van der Waals surface area contributed by atoms with Crippen molar-refractivity contribution in [3.63, 3.8) is 0 Å². The zero-order chi connectivity index (χ0) is 9.97. The highest BCUT2D eigenvalue weighted by molar-refractivity contribution is 5.29. The summed E-state index contributed by atoms with van der Waals surface area (Å²) in [5.74, 6) is 0.809. The molecule has 78 valence electrons. The fraction of sp³-hybridized carbons (Fsp3) is 0.692.